The first kappa shape index (κ1) is 13.9. The highest BCUT2D eigenvalue weighted by Crippen LogP contribution is 2.38. The molecule has 0 bridgehead atoms. The van der Waals surface area contributed by atoms with Crippen molar-refractivity contribution in [3.63, 3.8) is 0 Å². The summed E-state index contributed by atoms with van der Waals surface area (Å²) < 4.78 is 0. The lowest BCUT2D eigenvalue weighted by atomic mass is 9.74. The van der Waals surface area contributed by atoms with Gasteiger partial charge in [-0.2, -0.15) is 0 Å². The van der Waals surface area contributed by atoms with Crippen LogP contribution in [0.5, 0.6) is 0 Å². The molecule has 2 fully saturated rings. The molecule has 0 saturated carbocycles. The van der Waals surface area contributed by atoms with Gasteiger partial charge >= 0.3 is 0 Å². The van der Waals surface area contributed by atoms with E-state index in [2.05, 4.69) is 31.0 Å². The molecule has 1 N–H and O–H groups in total. The Morgan fingerprint density at radius 2 is 1.83 bits per heavy atom. The molecule has 0 aromatic heterocycles. The average Bonchev–Trinajstić information content (AvgIpc) is 2.84. The highest BCUT2D eigenvalue weighted by atomic mass is 16.2. The third kappa shape index (κ3) is 2.56. The van der Waals surface area contributed by atoms with Crippen LogP contribution in [0.1, 0.15) is 46.5 Å². The fourth-order valence-corrected chi connectivity index (χ4v) is 3.53. The number of amides is 1. The van der Waals surface area contributed by atoms with Gasteiger partial charge in [-0.25, -0.2) is 0 Å². The number of likely N-dealkylation sites (tertiary alicyclic amines) is 1. The summed E-state index contributed by atoms with van der Waals surface area (Å²) in [6, 6.07) is 0. The van der Waals surface area contributed by atoms with Gasteiger partial charge in [-0.15, -0.1) is 0 Å². The summed E-state index contributed by atoms with van der Waals surface area (Å²) in [5.74, 6) is 1.12. The minimum absolute atomic E-state index is 0.223. The monoisotopic (exact) mass is 252 g/mol. The Hall–Kier alpha value is -0.570. The number of carbonyl (C=O) groups is 1. The zero-order valence-corrected chi connectivity index (χ0v) is 12.2. The standard InChI is InChI=1S/C15H28N2O/c1-4-15(5-2)6-8-17(9-7-15)14(18)13-11-16-10-12(13)3/h12-13,16H,4-11H2,1-3H3/t12-,13-/m1/s1. The molecule has 0 radical (unpaired) electrons. The molecule has 2 heterocycles. The lowest BCUT2D eigenvalue weighted by molar-refractivity contribution is -0.138. The summed E-state index contributed by atoms with van der Waals surface area (Å²) in [6.07, 6.45) is 4.90. The van der Waals surface area contributed by atoms with Crippen LogP contribution in [0.4, 0.5) is 0 Å². The van der Waals surface area contributed by atoms with E-state index in [-0.39, 0.29) is 5.92 Å². The Bertz CT molecular complexity index is 289. The van der Waals surface area contributed by atoms with Crippen molar-refractivity contribution in [2.75, 3.05) is 26.2 Å². The minimum atomic E-state index is 0.223. The molecule has 104 valence electrons. The topological polar surface area (TPSA) is 32.3 Å². The number of carbonyl (C=O) groups excluding carboxylic acids is 1. The molecule has 2 aliphatic rings. The van der Waals surface area contributed by atoms with E-state index in [4.69, 9.17) is 0 Å². The number of piperidine rings is 1. The van der Waals surface area contributed by atoms with Gasteiger partial charge in [0.05, 0.1) is 5.92 Å². The number of hydrogen-bond acceptors (Lipinski definition) is 2. The fraction of sp³-hybridized carbons (Fsp3) is 0.933. The summed E-state index contributed by atoms with van der Waals surface area (Å²) in [7, 11) is 0. The van der Waals surface area contributed by atoms with Crippen LogP contribution in [0, 0.1) is 17.3 Å². The van der Waals surface area contributed by atoms with E-state index in [0.29, 0.717) is 17.2 Å². The molecule has 0 spiro atoms. The number of hydrogen-bond donors (Lipinski definition) is 1. The quantitative estimate of drug-likeness (QED) is 0.835. The molecule has 3 nitrogen and oxygen atoms in total. The van der Waals surface area contributed by atoms with Crippen molar-refractivity contribution >= 4 is 5.91 Å². The minimum Gasteiger partial charge on any atom is -0.342 e. The molecular weight excluding hydrogens is 224 g/mol. The van der Waals surface area contributed by atoms with Gasteiger partial charge in [0.25, 0.3) is 0 Å². The van der Waals surface area contributed by atoms with Crippen LogP contribution in [-0.4, -0.2) is 37.0 Å². The van der Waals surface area contributed by atoms with Crippen LogP contribution in [0.15, 0.2) is 0 Å². The van der Waals surface area contributed by atoms with Crippen LogP contribution in [0.2, 0.25) is 0 Å². The molecule has 0 aromatic carbocycles. The Balaban J connectivity index is 1.91. The molecule has 1 amide bonds. The van der Waals surface area contributed by atoms with Crippen molar-refractivity contribution in [1.29, 1.82) is 0 Å². The summed E-state index contributed by atoms with van der Waals surface area (Å²) >= 11 is 0. The van der Waals surface area contributed by atoms with E-state index < -0.39 is 0 Å². The van der Waals surface area contributed by atoms with Gasteiger partial charge in [0.2, 0.25) is 5.91 Å². The zero-order valence-electron chi connectivity index (χ0n) is 12.2. The Labute approximate surface area is 111 Å². The Kier molecular flexibility index (Phi) is 4.31. The maximum atomic E-state index is 12.5. The molecule has 18 heavy (non-hydrogen) atoms. The Morgan fingerprint density at radius 1 is 1.22 bits per heavy atom. The maximum absolute atomic E-state index is 12.5. The molecular formula is C15H28N2O. The molecule has 2 aliphatic heterocycles. The number of rotatable bonds is 3. The maximum Gasteiger partial charge on any atom is 0.227 e. The van der Waals surface area contributed by atoms with Crippen molar-refractivity contribution in [3.8, 4) is 0 Å². The lowest BCUT2D eigenvalue weighted by Crippen LogP contribution is -2.46. The SMILES string of the molecule is CCC1(CC)CCN(C(=O)[C@@H]2CNC[C@H]2C)CC1. The second-order valence-electron chi connectivity index (χ2n) is 6.27. The van der Waals surface area contributed by atoms with Gasteiger partial charge in [0.1, 0.15) is 0 Å². The van der Waals surface area contributed by atoms with Crippen molar-refractivity contribution in [2.24, 2.45) is 17.3 Å². The van der Waals surface area contributed by atoms with E-state index in [1.807, 2.05) is 0 Å². The second kappa shape index (κ2) is 5.60. The third-order valence-electron chi connectivity index (χ3n) is 5.47. The summed E-state index contributed by atoms with van der Waals surface area (Å²) in [4.78, 5) is 14.6. The van der Waals surface area contributed by atoms with Crippen molar-refractivity contribution in [1.82, 2.24) is 10.2 Å². The number of nitrogens with one attached hydrogen (secondary N) is 1. The number of nitrogens with zero attached hydrogens (tertiary/aromatic N) is 1. The predicted molar refractivity (Wildman–Crippen MR) is 74.4 cm³/mol. The lowest BCUT2D eigenvalue weighted by Gasteiger charge is -2.42. The van der Waals surface area contributed by atoms with E-state index >= 15 is 0 Å². The largest absolute Gasteiger partial charge is 0.342 e. The third-order valence-corrected chi connectivity index (χ3v) is 5.47. The zero-order chi connectivity index (χ0) is 13.2. The smallest absolute Gasteiger partial charge is 0.227 e. The van der Waals surface area contributed by atoms with Gasteiger partial charge in [0, 0.05) is 19.6 Å². The van der Waals surface area contributed by atoms with Gasteiger partial charge in [-0.1, -0.05) is 33.6 Å². The molecule has 0 aromatic rings. The van der Waals surface area contributed by atoms with Gasteiger partial charge < -0.3 is 10.2 Å². The Morgan fingerprint density at radius 3 is 2.28 bits per heavy atom. The highest BCUT2D eigenvalue weighted by molar-refractivity contribution is 5.79. The van der Waals surface area contributed by atoms with Crippen LogP contribution in [-0.2, 0) is 4.79 Å². The fourth-order valence-electron chi connectivity index (χ4n) is 3.53. The average molecular weight is 252 g/mol. The highest BCUT2D eigenvalue weighted by Gasteiger charge is 2.37. The normalized spacial score (nSPS) is 31.6. The molecule has 2 saturated heterocycles. The predicted octanol–water partition coefficient (Wildman–Crippen LogP) is 2.27. The van der Waals surface area contributed by atoms with E-state index in [1.165, 1.54) is 25.7 Å². The second-order valence-corrected chi connectivity index (χ2v) is 6.27. The van der Waals surface area contributed by atoms with Crippen LogP contribution in [0.25, 0.3) is 0 Å². The molecule has 0 aliphatic carbocycles. The van der Waals surface area contributed by atoms with Crippen LogP contribution in [0.3, 0.4) is 0 Å². The van der Waals surface area contributed by atoms with Gasteiger partial charge in [0.15, 0.2) is 0 Å². The summed E-state index contributed by atoms with van der Waals surface area (Å²) in [6.45, 7) is 10.6. The van der Waals surface area contributed by atoms with Gasteiger partial charge in [-0.05, 0) is 30.7 Å². The molecule has 2 atom stereocenters. The molecule has 2 rings (SSSR count). The van der Waals surface area contributed by atoms with Crippen molar-refractivity contribution in [3.05, 3.63) is 0 Å². The van der Waals surface area contributed by atoms with Crippen molar-refractivity contribution < 1.29 is 4.79 Å². The van der Waals surface area contributed by atoms with Crippen molar-refractivity contribution in [2.45, 2.75) is 46.5 Å². The van der Waals surface area contributed by atoms with Gasteiger partial charge in [-0.3, -0.25) is 4.79 Å². The van der Waals surface area contributed by atoms with E-state index in [9.17, 15) is 4.79 Å². The molecule has 0 unspecified atom stereocenters. The molecule has 3 heteroatoms. The summed E-state index contributed by atoms with van der Waals surface area (Å²) in [5.41, 5.74) is 0.510. The first-order valence-electron chi connectivity index (χ1n) is 7.61. The first-order chi connectivity index (χ1) is 8.62. The first-order valence-corrected chi connectivity index (χ1v) is 7.61. The van der Waals surface area contributed by atoms with Crippen LogP contribution < -0.4 is 5.32 Å². The van der Waals surface area contributed by atoms with E-state index in [0.717, 1.165) is 26.2 Å². The van der Waals surface area contributed by atoms with E-state index in [1.54, 1.807) is 0 Å². The van der Waals surface area contributed by atoms with Crippen LogP contribution >= 0.6 is 0 Å². The summed E-state index contributed by atoms with van der Waals surface area (Å²) in [5, 5.41) is 3.33.